The van der Waals surface area contributed by atoms with E-state index in [1.165, 1.54) is 7.11 Å². The summed E-state index contributed by atoms with van der Waals surface area (Å²) in [5.41, 5.74) is -0.814. The van der Waals surface area contributed by atoms with Crippen molar-refractivity contribution in [1.82, 2.24) is 10.2 Å². The highest BCUT2D eigenvalue weighted by molar-refractivity contribution is 5.80. The number of nitrogens with one attached hydrogen (secondary N) is 1. The molecule has 1 aliphatic carbocycles. The van der Waals surface area contributed by atoms with Crippen LogP contribution in [0.1, 0.15) is 33.1 Å². The fraction of sp³-hybridized carbons (Fsp3) is 0.923. The van der Waals surface area contributed by atoms with E-state index in [1.807, 2.05) is 6.92 Å². The van der Waals surface area contributed by atoms with E-state index in [2.05, 4.69) is 5.32 Å². The third-order valence-corrected chi connectivity index (χ3v) is 3.62. The lowest BCUT2D eigenvalue weighted by Crippen LogP contribution is -2.54. The Bertz CT molecular complexity index is 311. The number of alkyl halides is 2. The molecule has 1 rings (SSSR count). The lowest BCUT2D eigenvalue weighted by molar-refractivity contribution is -0.149. The Kier molecular flexibility index (Phi) is 5.67. The van der Waals surface area contributed by atoms with Crippen LogP contribution in [-0.4, -0.2) is 55.6 Å². The van der Waals surface area contributed by atoms with Crippen molar-refractivity contribution in [2.45, 2.75) is 57.2 Å². The van der Waals surface area contributed by atoms with Gasteiger partial charge in [0.1, 0.15) is 5.54 Å². The molecule has 0 radical (unpaired) electrons. The SMILES string of the molecule is COC(=O)C(C)(CC(C)N(C)CC(F)F)NC1CC1. The van der Waals surface area contributed by atoms with E-state index < -0.39 is 12.0 Å². The first-order valence-corrected chi connectivity index (χ1v) is 6.63. The maximum atomic E-state index is 12.4. The topological polar surface area (TPSA) is 41.6 Å². The Morgan fingerprint density at radius 1 is 1.53 bits per heavy atom. The molecule has 0 saturated heterocycles. The van der Waals surface area contributed by atoms with Gasteiger partial charge in [-0.05, 0) is 40.2 Å². The first-order valence-electron chi connectivity index (χ1n) is 6.63. The Hall–Kier alpha value is -0.750. The molecule has 2 unspecified atom stereocenters. The fourth-order valence-corrected chi connectivity index (χ4v) is 2.25. The molecule has 1 aliphatic rings. The van der Waals surface area contributed by atoms with Gasteiger partial charge < -0.3 is 4.74 Å². The molecule has 0 amide bonds. The number of hydrogen-bond acceptors (Lipinski definition) is 4. The number of ether oxygens (including phenoxy) is 1. The summed E-state index contributed by atoms with van der Waals surface area (Å²) in [6.45, 7) is 3.34. The van der Waals surface area contributed by atoms with Gasteiger partial charge in [-0.15, -0.1) is 0 Å². The number of carbonyl (C=O) groups excluding carboxylic acids is 1. The minimum atomic E-state index is -2.37. The van der Waals surface area contributed by atoms with Crippen LogP contribution >= 0.6 is 0 Å². The molecule has 0 spiro atoms. The molecule has 1 fully saturated rings. The third kappa shape index (κ3) is 5.03. The van der Waals surface area contributed by atoms with E-state index in [0.717, 1.165) is 12.8 Å². The summed E-state index contributed by atoms with van der Waals surface area (Å²) < 4.78 is 29.6. The summed E-state index contributed by atoms with van der Waals surface area (Å²) in [6.07, 6.45) is 0.175. The van der Waals surface area contributed by atoms with Crippen LogP contribution in [0.25, 0.3) is 0 Å². The Morgan fingerprint density at radius 2 is 2.11 bits per heavy atom. The number of nitrogens with zero attached hydrogens (tertiary/aromatic N) is 1. The van der Waals surface area contributed by atoms with Crippen molar-refractivity contribution in [2.24, 2.45) is 0 Å². The number of halogens is 2. The summed E-state index contributed by atoms with van der Waals surface area (Å²) in [7, 11) is 2.99. The first kappa shape index (κ1) is 16.3. The third-order valence-electron chi connectivity index (χ3n) is 3.62. The van der Waals surface area contributed by atoms with E-state index in [9.17, 15) is 13.6 Å². The van der Waals surface area contributed by atoms with Gasteiger partial charge >= 0.3 is 5.97 Å². The highest BCUT2D eigenvalue weighted by Crippen LogP contribution is 2.26. The second-order valence-corrected chi connectivity index (χ2v) is 5.63. The predicted molar refractivity (Wildman–Crippen MR) is 69.3 cm³/mol. The van der Waals surface area contributed by atoms with Crippen LogP contribution in [0, 0.1) is 0 Å². The Morgan fingerprint density at radius 3 is 2.53 bits per heavy atom. The highest BCUT2D eigenvalue weighted by atomic mass is 19.3. The van der Waals surface area contributed by atoms with E-state index in [4.69, 9.17) is 4.74 Å². The van der Waals surface area contributed by atoms with Crippen molar-refractivity contribution in [3.8, 4) is 0 Å². The molecule has 112 valence electrons. The van der Waals surface area contributed by atoms with Gasteiger partial charge in [-0.2, -0.15) is 0 Å². The fourth-order valence-electron chi connectivity index (χ4n) is 2.25. The summed E-state index contributed by atoms with van der Waals surface area (Å²) in [6, 6.07) is 0.209. The van der Waals surface area contributed by atoms with Crippen LogP contribution in [0.15, 0.2) is 0 Å². The number of esters is 1. The molecular formula is C13H24F2N2O2. The smallest absolute Gasteiger partial charge is 0.325 e. The molecular weight excluding hydrogens is 254 g/mol. The number of hydrogen-bond donors (Lipinski definition) is 1. The lowest BCUT2D eigenvalue weighted by atomic mass is 9.92. The summed E-state index contributed by atoms with van der Waals surface area (Å²) >= 11 is 0. The summed E-state index contributed by atoms with van der Waals surface area (Å²) in [5.74, 6) is -0.336. The van der Waals surface area contributed by atoms with Crippen LogP contribution in [-0.2, 0) is 9.53 Å². The lowest BCUT2D eigenvalue weighted by Gasteiger charge is -2.34. The zero-order valence-electron chi connectivity index (χ0n) is 12.1. The van der Waals surface area contributed by atoms with Crippen molar-refractivity contribution in [3.05, 3.63) is 0 Å². The molecule has 0 aromatic rings. The van der Waals surface area contributed by atoms with Crippen molar-refractivity contribution in [2.75, 3.05) is 20.7 Å². The maximum absolute atomic E-state index is 12.4. The van der Waals surface area contributed by atoms with Crippen molar-refractivity contribution >= 4 is 5.97 Å². The van der Waals surface area contributed by atoms with E-state index >= 15 is 0 Å². The second kappa shape index (κ2) is 6.61. The molecule has 0 bridgehead atoms. The average Bonchev–Trinajstić information content (AvgIpc) is 3.10. The van der Waals surface area contributed by atoms with Gasteiger partial charge in [0.2, 0.25) is 0 Å². The van der Waals surface area contributed by atoms with Crippen molar-refractivity contribution < 1.29 is 18.3 Å². The molecule has 0 aromatic heterocycles. The molecule has 19 heavy (non-hydrogen) atoms. The minimum absolute atomic E-state index is 0.135. The Balaban J connectivity index is 2.62. The van der Waals surface area contributed by atoms with Gasteiger partial charge in [-0.25, -0.2) is 8.78 Å². The van der Waals surface area contributed by atoms with Gasteiger partial charge in [0.15, 0.2) is 0 Å². The van der Waals surface area contributed by atoms with Crippen LogP contribution < -0.4 is 5.32 Å². The molecule has 1 N–H and O–H groups in total. The number of rotatable bonds is 8. The zero-order chi connectivity index (χ0) is 14.6. The molecule has 0 aliphatic heterocycles. The number of carbonyl (C=O) groups is 1. The molecule has 4 nitrogen and oxygen atoms in total. The van der Waals surface area contributed by atoms with Gasteiger partial charge in [0.05, 0.1) is 13.7 Å². The number of methoxy groups -OCH3 is 1. The largest absolute Gasteiger partial charge is 0.468 e. The minimum Gasteiger partial charge on any atom is -0.468 e. The maximum Gasteiger partial charge on any atom is 0.325 e. The van der Waals surface area contributed by atoms with E-state index in [-0.39, 0.29) is 18.6 Å². The molecule has 2 atom stereocenters. The average molecular weight is 278 g/mol. The first-order chi connectivity index (χ1) is 8.78. The van der Waals surface area contributed by atoms with E-state index in [0.29, 0.717) is 12.5 Å². The molecule has 6 heteroatoms. The van der Waals surface area contributed by atoms with Crippen LogP contribution in [0.5, 0.6) is 0 Å². The van der Waals surface area contributed by atoms with E-state index in [1.54, 1.807) is 18.9 Å². The van der Waals surface area contributed by atoms with Gasteiger partial charge in [0, 0.05) is 12.1 Å². The zero-order valence-corrected chi connectivity index (χ0v) is 12.1. The predicted octanol–water partition coefficient (Wildman–Crippen LogP) is 1.65. The normalized spacial score (nSPS) is 20.4. The second-order valence-electron chi connectivity index (χ2n) is 5.63. The van der Waals surface area contributed by atoms with Crippen molar-refractivity contribution in [1.29, 1.82) is 0 Å². The van der Waals surface area contributed by atoms with Crippen LogP contribution in [0.4, 0.5) is 8.78 Å². The van der Waals surface area contributed by atoms with Crippen molar-refractivity contribution in [3.63, 3.8) is 0 Å². The van der Waals surface area contributed by atoms with Crippen LogP contribution in [0.2, 0.25) is 0 Å². The monoisotopic (exact) mass is 278 g/mol. The molecule has 0 heterocycles. The van der Waals surface area contributed by atoms with Gasteiger partial charge in [-0.1, -0.05) is 0 Å². The molecule has 1 saturated carbocycles. The quantitative estimate of drug-likeness (QED) is 0.685. The standard InChI is InChI=1S/C13H24F2N2O2/c1-9(17(3)8-11(14)15)7-13(2,12(18)19-4)16-10-5-6-10/h9-11,16H,5-8H2,1-4H3. The van der Waals surface area contributed by atoms with Crippen LogP contribution in [0.3, 0.4) is 0 Å². The molecule has 0 aromatic carbocycles. The van der Waals surface area contributed by atoms with Gasteiger partial charge in [0.25, 0.3) is 6.43 Å². The Labute approximate surface area is 113 Å². The van der Waals surface area contributed by atoms with Gasteiger partial charge in [-0.3, -0.25) is 15.0 Å². The summed E-state index contributed by atoms with van der Waals surface area (Å²) in [4.78, 5) is 13.5. The highest BCUT2D eigenvalue weighted by Gasteiger charge is 2.41. The summed E-state index contributed by atoms with van der Waals surface area (Å²) in [5, 5.41) is 3.27.